The zero-order valence-electron chi connectivity index (χ0n) is 9.51. The lowest BCUT2D eigenvalue weighted by molar-refractivity contribution is 0.251. The quantitative estimate of drug-likeness (QED) is 0.788. The highest BCUT2D eigenvalue weighted by atomic mass is 16.3. The molecule has 0 saturated carbocycles. The van der Waals surface area contributed by atoms with Crippen LogP contribution in [0.1, 0.15) is 18.2 Å². The van der Waals surface area contributed by atoms with E-state index >= 15 is 0 Å². The first-order valence-corrected chi connectivity index (χ1v) is 5.34. The third-order valence-electron chi connectivity index (χ3n) is 2.42. The Morgan fingerprint density at radius 2 is 2.38 bits per heavy atom. The summed E-state index contributed by atoms with van der Waals surface area (Å²) in [7, 11) is 0. The number of aliphatic hydroxyl groups excluding tert-OH is 1. The van der Waals surface area contributed by atoms with Crippen LogP contribution in [0.4, 0.5) is 0 Å². The number of nitrogens with zero attached hydrogens (tertiary/aromatic N) is 3. The lowest BCUT2D eigenvalue weighted by Gasteiger charge is -2.10. The summed E-state index contributed by atoms with van der Waals surface area (Å²) in [6.45, 7) is 4.70. The van der Waals surface area contributed by atoms with Gasteiger partial charge in [-0.3, -0.25) is 0 Å². The summed E-state index contributed by atoms with van der Waals surface area (Å²) in [5, 5.41) is 16.4. The molecule has 2 N–H and O–H groups in total. The van der Waals surface area contributed by atoms with Crippen LogP contribution in [0.25, 0.3) is 5.65 Å². The Labute approximate surface area is 94.1 Å². The van der Waals surface area contributed by atoms with Crippen molar-refractivity contribution in [1.29, 1.82) is 0 Å². The van der Waals surface area contributed by atoms with Crippen molar-refractivity contribution in [3.05, 3.63) is 29.7 Å². The van der Waals surface area contributed by atoms with Gasteiger partial charge in [-0.05, 0) is 13.8 Å². The van der Waals surface area contributed by atoms with Crippen LogP contribution in [0.15, 0.2) is 18.5 Å². The molecule has 0 fully saturated rings. The predicted octanol–water partition coefficient (Wildman–Crippen LogP) is 0.508. The van der Waals surface area contributed by atoms with Crippen LogP contribution >= 0.6 is 0 Å². The Balaban J connectivity index is 2.13. The minimum Gasteiger partial charge on any atom is -0.395 e. The number of aliphatic hydroxyl groups is 1. The average molecular weight is 220 g/mol. The van der Waals surface area contributed by atoms with Gasteiger partial charge in [0.15, 0.2) is 5.65 Å². The van der Waals surface area contributed by atoms with Gasteiger partial charge in [-0.1, -0.05) is 0 Å². The molecule has 86 valence electrons. The normalized spacial score (nSPS) is 13.2. The predicted molar refractivity (Wildman–Crippen MR) is 61.1 cm³/mol. The Hall–Kier alpha value is -1.46. The van der Waals surface area contributed by atoms with Crippen molar-refractivity contribution in [2.75, 3.05) is 6.61 Å². The number of hydrogen-bond acceptors (Lipinski definition) is 4. The molecule has 2 aromatic rings. The zero-order valence-corrected chi connectivity index (χ0v) is 9.51. The molecular formula is C11H16N4O. The maximum atomic E-state index is 8.89. The molecule has 0 aliphatic heterocycles. The average Bonchev–Trinajstić information content (AvgIpc) is 2.65. The Morgan fingerprint density at radius 1 is 1.56 bits per heavy atom. The fourth-order valence-corrected chi connectivity index (χ4v) is 1.48. The third kappa shape index (κ3) is 2.37. The van der Waals surface area contributed by atoms with E-state index in [1.807, 2.05) is 32.3 Å². The summed E-state index contributed by atoms with van der Waals surface area (Å²) < 4.78 is 1.77. The molecule has 2 aromatic heterocycles. The summed E-state index contributed by atoms with van der Waals surface area (Å²) in [4.78, 5) is 4.30. The molecule has 0 bridgehead atoms. The maximum absolute atomic E-state index is 8.89. The molecule has 0 amide bonds. The van der Waals surface area contributed by atoms with Crippen LogP contribution in [0.2, 0.25) is 0 Å². The minimum atomic E-state index is 0.0926. The van der Waals surface area contributed by atoms with Gasteiger partial charge in [0.05, 0.1) is 12.3 Å². The number of hydrogen-bond donors (Lipinski definition) is 2. The zero-order chi connectivity index (χ0) is 11.5. The standard InChI is InChI=1S/C11H16N4O/c1-8-3-11-13-5-10(6-15(11)14-8)4-12-9(2)7-16/h3,5-6,9,12,16H,4,7H2,1-2H3. The van der Waals surface area contributed by atoms with Crippen molar-refractivity contribution in [2.45, 2.75) is 26.4 Å². The molecule has 16 heavy (non-hydrogen) atoms. The van der Waals surface area contributed by atoms with Crippen molar-refractivity contribution in [3.63, 3.8) is 0 Å². The molecule has 0 aliphatic rings. The highest BCUT2D eigenvalue weighted by Gasteiger charge is 2.02. The summed E-state index contributed by atoms with van der Waals surface area (Å²) in [6.07, 6.45) is 3.78. The van der Waals surface area contributed by atoms with E-state index < -0.39 is 0 Å². The first-order chi connectivity index (χ1) is 7.69. The highest BCUT2D eigenvalue weighted by Crippen LogP contribution is 2.04. The fraction of sp³-hybridized carbons (Fsp3) is 0.455. The van der Waals surface area contributed by atoms with Crippen molar-refractivity contribution in [1.82, 2.24) is 19.9 Å². The van der Waals surface area contributed by atoms with Crippen molar-refractivity contribution < 1.29 is 5.11 Å². The first-order valence-electron chi connectivity index (χ1n) is 5.34. The number of rotatable bonds is 4. The third-order valence-corrected chi connectivity index (χ3v) is 2.42. The van der Waals surface area contributed by atoms with E-state index in [-0.39, 0.29) is 12.6 Å². The van der Waals surface area contributed by atoms with Gasteiger partial charge < -0.3 is 10.4 Å². The van der Waals surface area contributed by atoms with E-state index in [0.717, 1.165) is 16.9 Å². The largest absolute Gasteiger partial charge is 0.395 e. The Bertz CT molecular complexity index is 480. The molecule has 2 rings (SSSR count). The summed E-state index contributed by atoms with van der Waals surface area (Å²) in [5.74, 6) is 0. The molecule has 0 aliphatic carbocycles. The van der Waals surface area contributed by atoms with E-state index in [1.165, 1.54) is 0 Å². The van der Waals surface area contributed by atoms with Crippen LogP contribution < -0.4 is 5.32 Å². The highest BCUT2D eigenvalue weighted by molar-refractivity contribution is 5.38. The molecule has 2 heterocycles. The van der Waals surface area contributed by atoms with Gasteiger partial charge in [-0.25, -0.2) is 9.50 Å². The molecule has 0 spiro atoms. The maximum Gasteiger partial charge on any atom is 0.155 e. The number of nitrogens with one attached hydrogen (secondary N) is 1. The lowest BCUT2D eigenvalue weighted by Crippen LogP contribution is -2.28. The van der Waals surface area contributed by atoms with Crippen LogP contribution in [0.3, 0.4) is 0 Å². The van der Waals surface area contributed by atoms with Crippen LogP contribution in [-0.2, 0) is 6.54 Å². The van der Waals surface area contributed by atoms with Gasteiger partial charge in [0.2, 0.25) is 0 Å². The van der Waals surface area contributed by atoms with E-state index in [2.05, 4.69) is 15.4 Å². The van der Waals surface area contributed by atoms with Crippen LogP contribution in [0.5, 0.6) is 0 Å². The molecule has 1 atom stereocenters. The van der Waals surface area contributed by atoms with E-state index in [1.54, 1.807) is 4.52 Å². The molecule has 0 saturated heterocycles. The number of aryl methyl sites for hydroxylation is 1. The SMILES string of the molecule is Cc1cc2ncc(CNC(C)CO)cn2n1. The molecule has 1 unspecified atom stereocenters. The summed E-state index contributed by atoms with van der Waals surface area (Å²) in [5.41, 5.74) is 2.87. The molecule has 0 aromatic carbocycles. The second kappa shape index (κ2) is 4.59. The fourth-order valence-electron chi connectivity index (χ4n) is 1.48. The van der Waals surface area contributed by atoms with Gasteiger partial charge >= 0.3 is 0 Å². The van der Waals surface area contributed by atoms with Crippen LogP contribution in [0, 0.1) is 6.92 Å². The molecule has 5 heteroatoms. The van der Waals surface area contributed by atoms with Crippen molar-refractivity contribution in [2.24, 2.45) is 0 Å². The second-order valence-electron chi connectivity index (χ2n) is 4.02. The van der Waals surface area contributed by atoms with Crippen molar-refractivity contribution >= 4 is 5.65 Å². The van der Waals surface area contributed by atoms with Crippen LogP contribution in [-0.4, -0.2) is 32.4 Å². The summed E-state index contributed by atoms with van der Waals surface area (Å²) in [6, 6.07) is 2.03. The monoisotopic (exact) mass is 220 g/mol. The summed E-state index contributed by atoms with van der Waals surface area (Å²) >= 11 is 0. The molecule has 0 radical (unpaired) electrons. The second-order valence-corrected chi connectivity index (χ2v) is 4.02. The molecule has 5 nitrogen and oxygen atoms in total. The number of aromatic nitrogens is 3. The first kappa shape index (κ1) is 11.0. The van der Waals surface area contributed by atoms with Gasteiger partial charge in [-0.15, -0.1) is 0 Å². The van der Waals surface area contributed by atoms with Gasteiger partial charge in [-0.2, -0.15) is 5.10 Å². The molecular weight excluding hydrogens is 204 g/mol. The number of fused-ring (bicyclic) bond motifs is 1. The van der Waals surface area contributed by atoms with Gasteiger partial charge in [0.1, 0.15) is 0 Å². The van der Waals surface area contributed by atoms with Crippen molar-refractivity contribution in [3.8, 4) is 0 Å². The van der Waals surface area contributed by atoms with Gasteiger partial charge in [0, 0.05) is 36.6 Å². The van der Waals surface area contributed by atoms with Gasteiger partial charge in [0.25, 0.3) is 0 Å². The lowest BCUT2D eigenvalue weighted by atomic mass is 10.3. The van der Waals surface area contributed by atoms with E-state index in [9.17, 15) is 0 Å². The van der Waals surface area contributed by atoms with E-state index in [0.29, 0.717) is 6.54 Å². The van der Waals surface area contributed by atoms with E-state index in [4.69, 9.17) is 5.11 Å². The minimum absolute atomic E-state index is 0.0926. The smallest absolute Gasteiger partial charge is 0.155 e. The Kier molecular flexibility index (Phi) is 3.17. The Morgan fingerprint density at radius 3 is 3.12 bits per heavy atom. The topological polar surface area (TPSA) is 62.5 Å².